The van der Waals surface area contributed by atoms with Crippen LogP contribution in [-0.4, -0.2) is 13.4 Å². The van der Waals surface area contributed by atoms with Gasteiger partial charge in [0.25, 0.3) is 0 Å². The van der Waals surface area contributed by atoms with Gasteiger partial charge in [-0.3, -0.25) is 4.98 Å². The fraction of sp³-hybridized carbons (Fsp3) is 0.0625. The first-order chi connectivity index (χ1) is 11.5. The van der Waals surface area contributed by atoms with Crippen molar-refractivity contribution in [1.29, 1.82) is 0 Å². The minimum Gasteiger partial charge on any atom is -0.256 e. The highest BCUT2D eigenvalue weighted by molar-refractivity contribution is 7.89. The molecule has 3 aromatic rings. The van der Waals surface area contributed by atoms with E-state index in [1.54, 1.807) is 29.7 Å². The van der Waals surface area contributed by atoms with E-state index >= 15 is 0 Å². The normalized spacial score (nSPS) is 11.6. The van der Waals surface area contributed by atoms with Crippen molar-refractivity contribution in [3.63, 3.8) is 0 Å². The van der Waals surface area contributed by atoms with Crippen molar-refractivity contribution in [1.82, 2.24) is 9.71 Å². The third-order valence-electron chi connectivity index (χ3n) is 3.29. The summed E-state index contributed by atoms with van der Waals surface area (Å²) in [5.74, 6) is 0. The molecule has 0 fully saturated rings. The molecule has 1 aromatic carbocycles. The third-order valence-corrected chi connectivity index (χ3v) is 6.09. The highest BCUT2D eigenvalue weighted by Gasteiger charge is 2.18. The highest BCUT2D eigenvalue weighted by atomic mass is 35.5. The van der Waals surface area contributed by atoms with Gasteiger partial charge in [0.05, 0.1) is 10.7 Å². The van der Waals surface area contributed by atoms with E-state index < -0.39 is 10.0 Å². The molecule has 0 saturated heterocycles. The average Bonchev–Trinajstić information content (AvgIpc) is 3.10. The Morgan fingerprint density at radius 1 is 1.12 bits per heavy atom. The van der Waals surface area contributed by atoms with Crippen LogP contribution in [0.5, 0.6) is 0 Å². The van der Waals surface area contributed by atoms with E-state index in [0.717, 1.165) is 16.8 Å². The lowest BCUT2D eigenvalue weighted by atomic mass is 10.1. The summed E-state index contributed by atoms with van der Waals surface area (Å²) in [6, 6.07) is 9.91. The number of rotatable bonds is 5. The quantitative estimate of drug-likeness (QED) is 0.683. The molecular weight excluding hydrogens is 387 g/mol. The Morgan fingerprint density at radius 3 is 2.71 bits per heavy atom. The predicted octanol–water partition coefficient (Wildman–Crippen LogP) is 4.60. The summed E-state index contributed by atoms with van der Waals surface area (Å²) in [5, 5.41) is 4.39. The number of benzene rings is 1. The fourth-order valence-electron chi connectivity index (χ4n) is 2.09. The van der Waals surface area contributed by atoms with Gasteiger partial charge in [-0.2, -0.15) is 11.3 Å². The van der Waals surface area contributed by atoms with Gasteiger partial charge in [0.2, 0.25) is 10.0 Å². The number of thiophene rings is 1. The molecule has 0 spiro atoms. The summed E-state index contributed by atoms with van der Waals surface area (Å²) >= 11 is 13.4. The molecule has 2 heterocycles. The first-order valence-electron chi connectivity index (χ1n) is 6.88. The van der Waals surface area contributed by atoms with Crippen molar-refractivity contribution in [3.05, 3.63) is 69.0 Å². The topological polar surface area (TPSA) is 59.1 Å². The number of hydrogen-bond acceptors (Lipinski definition) is 4. The molecule has 2 aromatic heterocycles. The van der Waals surface area contributed by atoms with Crippen molar-refractivity contribution in [2.45, 2.75) is 11.4 Å². The molecule has 0 atom stereocenters. The van der Waals surface area contributed by atoms with E-state index in [0.29, 0.717) is 5.02 Å². The van der Waals surface area contributed by atoms with Crippen LogP contribution < -0.4 is 4.72 Å². The summed E-state index contributed by atoms with van der Waals surface area (Å²) in [6.45, 7) is 0.130. The van der Waals surface area contributed by atoms with Crippen LogP contribution in [-0.2, 0) is 16.6 Å². The van der Waals surface area contributed by atoms with Crippen molar-refractivity contribution in [2.24, 2.45) is 0 Å². The molecule has 124 valence electrons. The number of halogens is 2. The largest absolute Gasteiger partial charge is 0.256 e. The smallest absolute Gasteiger partial charge is 0.242 e. The molecule has 24 heavy (non-hydrogen) atoms. The summed E-state index contributed by atoms with van der Waals surface area (Å²) in [7, 11) is -3.76. The second-order valence-corrected chi connectivity index (χ2v) is 8.32. The van der Waals surface area contributed by atoms with Crippen LogP contribution in [0.1, 0.15) is 5.56 Å². The highest BCUT2D eigenvalue weighted by Crippen LogP contribution is 2.25. The first-order valence-corrected chi connectivity index (χ1v) is 10.1. The van der Waals surface area contributed by atoms with Gasteiger partial charge >= 0.3 is 0 Å². The molecule has 8 heteroatoms. The van der Waals surface area contributed by atoms with E-state index in [4.69, 9.17) is 23.2 Å². The Kier molecular flexibility index (Phi) is 5.22. The predicted molar refractivity (Wildman–Crippen MR) is 98.0 cm³/mol. The van der Waals surface area contributed by atoms with Gasteiger partial charge in [-0.15, -0.1) is 0 Å². The maximum atomic E-state index is 12.4. The Labute approximate surface area is 154 Å². The molecule has 0 amide bonds. The van der Waals surface area contributed by atoms with Gasteiger partial charge in [-0.1, -0.05) is 23.2 Å². The number of hydrogen-bond donors (Lipinski definition) is 1. The fourth-order valence-corrected chi connectivity index (χ4v) is 4.52. The van der Waals surface area contributed by atoms with Crippen LogP contribution in [0.2, 0.25) is 10.0 Å². The van der Waals surface area contributed by atoms with Crippen LogP contribution in [0.15, 0.2) is 58.3 Å². The van der Waals surface area contributed by atoms with Gasteiger partial charge in [-0.05, 0) is 47.3 Å². The van der Waals surface area contributed by atoms with Gasteiger partial charge < -0.3 is 0 Å². The summed E-state index contributed by atoms with van der Waals surface area (Å²) in [6.07, 6.45) is 1.66. The molecule has 0 aliphatic rings. The van der Waals surface area contributed by atoms with Crippen molar-refractivity contribution in [3.8, 4) is 11.3 Å². The maximum absolute atomic E-state index is 12.4. The second-order valence-electron chi connectivity index (χ2n) is 4.96. The first kappa shape index (κ1) is 17.4. The lowest BCUT2D eigenvalue weighted by Crippen LogP contribution is -2.23. The molecule has 0 aliphatic heterocycles. The molecular formula is C16H12Cl2N2O2S2. The van der Waals surface area contributed by atoms with Crippen molar-refractivity contribution < 1.29 is 8.42 Å². The van der Waals surface area contributed by atoms with E-state index in [1.165, 1.54) is 12.1 Å². The van der Waals surface area contributed by atoms with Crippen LogP contribution in [0, 0.1) is 0 Å². The minimum atomic E-state index is -3.76. The third kappa shape index (κ3) is 3.96. The molecule has 0 radical (unpaired) electrons. The SMILES string of the molecule is O=S(=O)(NCc1ccnc(-c2ccsc2)c1)c1cc(Cl)ccc1Cl. The Morgan fingerprint density at radius 2 is 1.96 bits per heavy atom. The van der Waals surface area contributed by atoms with Crippen LogP contribution in [0.25, 0.3) is 11.3 Å². The van der Waals surface area contributed by atoms with Crippen LogP contribution >= 0.6 is 34.5 Å². The monoisotopic (exact) mass is 398 g/mol. The maximum Gasteiger partial charge on any atom is 0.242 e. The van der Waals surface area contributed by atoms with Crippen molar-refractivity contribution >= 4 is 44.6 Å². The summed E-state index contributed by atoms with van der Waals surface area (Å²) in [4.78, 5) is 4.26. The van der Waals surface area contributed by atoms with Gasteiger partial charge in [0.15, 0.2) is 0 Å². The van der Waals surface area contributed by atoms with E-state index in [-0.39, 0.29) is 16.5 Å². The average molecular weight is 399 g/mol. The molecule has 0 saturated carbocycles. The van der Waals surface area contributed by atoms with Gasteiger partial charge in [-0.25, -0.2) is 13.1 Å². The molecule has 3 rings (SSSR count). The zero-order valence-electron chi connectivity index (χ0n) is 12.2. The Balaban J connectivity index is 1.80. The van der Waals surface area contributed by atoms with Gasteiger partial charge in [0.1, 0.15) is 4.90 Å². The summed E-state index contributed by atoms with van der Waals surface area (Å²) < 4.78 is 27.4. The zero-order chi connectivity index (χ0) is 17.2. The van der Waals surface area contributed by atoms with E-state index in [9.17, 15) is 8.42 Å². The minimum absolute atomic E-state index is 0.0382. The number of aromatic nitrogens is 1. The zero-order valence-corrected chi connectivity index (χ0v) is 15.4. The molecule has 4 nitrogen and oxygen atoms in total. The number of nitrogens with one attached hydrogen (secondary N) is 1. The molecule has 0 aliphatic carbocycles. The molecule has 0 bridgehead atoms. The lowest BCUT2D eigenvalue weighted by Gasteiger charge is -2.09. The lowest BCUT2D eigenvalue weighted by molar-refractivity contribution is 0.581. The molecule has 0 unspecified atom stereocenters. The Bertz CT molecular complexity index is 958. The van der Waals surface area contributed by atoms with Crippen LogP contribution in [0.3, 0.4) is 0 Å². The number of pyridine rings is 1. The summed E-state index contributed by atoms with van der Waals surface area (Å²) in [5.41, 5.74) is 2.60. The standard InChI is InChI=1S/C16H12Cl2N2O2S2/c17-13-1-2-14(18)16(8-13)24(21,22)20-9-11-3-5-19-15(7-11)12-4-6-23-10-12/h1-8,10,20H,9H2. The van der Waals surface area contributed by atoms with E-state index in [1.807, 2.05) is 22.9 Å². The second kappa shape index (κ2) is 7.21. The van der Waals surface area contributed by atoms with Crippen molar-refractivity contribution in [2.75, 3.05) is 0 Å². The molecule has 1 N–H and O–H groups in total. The Hall–Kier alpha value is -1.44. The van der Waals surface area contributed by atoms with Gasteiger partial charge in [0, 0.05) is 28.7 Å². The number of sulfonamides is 1. The number of nitrogens with zero attached hydrogens (tertiary/aromatic N) is 1. The van der Waals surface area contributed by atoms with Crippen LogP contribution in [0.4, 0.5) is 0 Å². The van der Waals surface area contributed by atoms with E-state index in [2.05, 4.69) is 9.71 Å².